The van der Waals surface area contributed by atoms with Gasteiger partial charge in [0.15, 0.2) is 6.61 Å². The number of aromatic amines is 1. The normalized spacial score (nSPS) is 10.9. The second-order valence-electron chi connectivity index (χ2n) is 8.06. The predicted molar refractivity (Wildman–Crippen MR) is 121 cm³/mol. The van der Waals surface area contributed by atoms with Crippen molar-refractivity contribution in [2.24, 2.45) is 0 Å². The van der Waals surface area contributed by atoms with Crippen molar-refractivity contribution in [1.82, 2.24) is 10.2 Å². The molecule has 0 saturated heterocycles. The molecule has 5 nitrogen and oxygen atoms in total. The Kier molecular flexibility index (Phi) is 11.7. The monoisotopic (exact) mass is 414 g/mol. The smallest absolute Gasteiger partial charge is 0.344 e. The van der Waals surface area contributed by atoms with E-state index in [0.717, 1.165) is 37.0 Å². The highest BCUT2D eigenvalue weighted by Crippen LogP contribution is 2.23. The number of hydrogen-bond donors (Lipinski definition) is 1. The molecular weight excluding hydrogens is 376 g/mol. The number of ether oxygens (including phenoxy) is 2. The van der Waals surface area contributed by atoms with Gasteiger partial charge in [0.05, 0.1) is 12.8 Å². The zero-order valence-electron chi connectivity index (χ0n) is 18.8. The molecule has 1 aromatic carbocycles. The minimum Gasteiger partial charge on any atom is -0.482 e. The maximum Gasteiger partial charge on any atom is 0.344 e. The van der Waals surface area contributed by atoms with E-state index in [9.17, 15) is 4.79 Å². The molecule has 0 amide bonds. The van der Waals surface area contributed by atoms with Gasteiger partial charge >= 0.3 is 5.97 Å². The Balaban J connectivity index is 1.65. The van der Waals surface area contributed by atoms with Gasteiger partial charge in [-0.25, -0.2) is 4.79 Å². The molecule has 2 aromatic rings. The number of nitrogens with zero attached hydrogens (tertiary/aromatic N) is 1. The van der Waals surface area contributed by atoms with Crippen molar-refractivity contribution in [3.8, 4) is 5.75 Å². The summed E-state index contributed by atoms with van der Waals surface area (Å²) in [6, 6.07) is 6.18. The second kappa shape index (κ2) is 14.6. The Morgan fingerprint density at radius 1 is 1.00 bits per heavy atom. The molecule has 2 rings (SSSR count). The van der Waals surface area contributed by atoms with E-state index in [1.54, 1.807) is 6.20 Å². The number of H-pyrrole nitrogens is 1. The summed E-state index contributed by atoms with van der Waals surface area (Å²) in [5.74, 6) is 0.486. The zero-order chi connectivity index (χ0) is 21.4. The molecule has 0 atom stereocenters. The molecule has 5 heteroatoms. The summed E-state index contributed by atoms with van der Waals surface area (Å²) in [6.45, 7) is 4.70. The average molecular weight is 415 g/mol. The zero-order valence-corrected chi connectivity index (χ0v) is 18.8. The summed E-state index contributed by atoms with van der Waals surface area (Å²) < 4.78 is 11.1. The first-order valence-electron chi connectivity index (χ1n) is 11.5. The minimum absolute atomic E-state index is 0.0425. The maximum absolute atomic E-state index is 12.0. The van der Waals surface area contributed by atoms with E-state index in [1.165, 1.54) is 56.1 Å². The number of hydrogen-bond acceptors (Lipinski definition) is 4. The fourth-order valence-corrected chi connectivity index (χ4v) is 3.55. The van der Waals surface area contributed by atoms with Crippen molar-refractivity contribution < 1.29 is 14.3 Å². The molecule has 0 aliphatic carbocycles. The summed E-state index contributed by atoms with van der Waals surface area (Å²) in [5, 5.41) is 6.69. The van der Waals surface area contributed by atoms with Crippen LogP contribution in [0.4, 0.5) is 0 Å². The third-order valence-corrected chi connectivity index (χ3v) is 5.29. The second-order valence-corrected chi connectivity index (χ2v) is 8.06. The summed E-state index contributed by atoms with van der Waals surface area (Å²) in [5.41, 5.74) is 3.53. The molecular formula is C25H38N2O3. The van der Waals surface area contributed by atoms with Crippen LogP contribution in [-0.4, -0.2) is 29.4 Å². The Labute approximate surface area is 181 Å². The Bertz CT molecular complexity index is 713. The van der Waals surface area contributed by atoms with Gasteiger partial charge in [0.2, 0.25) is 0 Å². The van der Waals surface area contributed by atoms with Crippen LogP contribution >= 0.6 is 0 Å². The molecule has 0 saturated carbocycles. The van der Waals surface area contributed by atoms with Crippen LogP contribution in [0.1, 0.15) is 81.4 Å². The number of benzene rings is 1. The van der Waals surface area contributed by atoms with E-state index in [0.29, 0.717) is 6.61 Å². The number of nitrogens with one attached hydrogen (secondary N) is 1. The van der Waals surface area contributed by atoms with Gasteiger partial charge in [-0.1, -0.05) is 69.6 Å². The number of carbonyl (C=O) groups excluding carboxylic acids is 1. The van der Waals surface area contributed by atoms with Gasteiger partial charge in [-0.05, 0) is 49.8 Å². The first-order chi connectivity index (χ1) is 14.7. The lowest BCUT2D eigenvalue weighted by Crippen LogP contribution is -2.16. The molecule has 0 spiro atoms. The van der Waals surface area contributed by atoms with E-state index in [2.05, 4.69) is 30.1 Å². The van der Waals surface area contributed by atoms with Crippen molar-refractivity contribution in [3.05, 3.63) is 47.3 Å². The van der Waals surface area contributed by atoms with Gasteiger partial charge in [-0.2, -0.15) is 5.10 Å². The minimum atomic E-state index is -0.319. The van der Waals surface area contributed by atoms with Crippen LogP contribution in [0.15, 0.2) is 30.6 Å². The number of rotatable bonds is 16. The lowest BCUT2D eigenvalue weighted by atomic mass is 10.0. The molecule has 166 valence electrons. The topological polar surface area (TPSA) is 64.2 Å². The molecule has 0 unspecified atom stereocenters. The van der Waals surface area contributed by atoms with Gasteiger partial charge in [0.1, 0.15) is 5.75 Å². The summed E-state index contributed by atoms with van der Waals surface area (Å²) >= 11 is 0. The van der Waals surface area contributed by atoms with E-state index >= 15 is 0 Å². The van der Waals surface area contributed by atoms with E-state index in [-0.39, 0.29) is 12.6 Å². The van der Waals surface area contributed by atoms with Crippen LogP contribution in [0, 0.1) is 6.92 Å². The third kappa shape index (κ3) is 9.95. The van der Waals surface area contributed by atoms with Gasteiger partial charge in [-0.3, -0.25) is 5.10 Å². The Morgan fingerprint density at radius 2 is 1.77 bits per heavy atom. The summed E-state index contributed by atoms with van der Waals surface area (Å²) in [7, 11) is 0. The van der Waals surface area contributed by atoms with E-state index < -0.39 is 0 Å². The highest BCUT2D eigenvalue weighted by Gasteiger charge is 2.09. The fraction of sp³-hybridized carbons (Fsp3) is 0.600. The molecule has 0 bridgehead atoms. The first-order valence-corrected chi connectivity index (χ1v) is 11.5. The fourth-order valence-electron chi connectivity index (χ4n) is 3.55. The molecule has 0 aliphatic heterocycles. The number of esters is 1. The van der Waals surface area contributed by atoms with Crippen LogP contribution in [-0.2, 0) is 22.4 Å². The van der Waals surface area contributed by atoms with E-state index in [1.807, 2.05) is 18.3 Å². The summed E-state index contributed by atoms with van der Waals surface area (Å²) in [4.78, 5) is 12.0. The quantitative estimate of drug-likeness (QED) is 0.272. The molecule has 30 heavy (non-hydrogen) atoms. The van der Waals surface area contributed by atoms with Crippen molar-refractivity contribution >= 4 is 5.97 Å². The van der Waals surface area contributed by atoms with Crippen LogP contribution in [0.5, 0.6) is 5.75 Å². The predicted octanol–water partition coefficient (Wildman–Crippen LogP) is 5.96. The summed E-state index contributed by atoms with van der Waals surface area (Å²) in [6.07, 6.45) is 16.7. The maximum atomic E-state index is 12.0. The van der Waals surface area contributed by atoms with E-state index in [4.69, 9.17) is 9.47 Å². The average Bonchev–Trinajstić information content (AvgIpc) is 3.26. The number of aromatic nitrogens is 2. The van der Waals surface area contributed by atoms with Crippen molar-refractivity contribution in [2.45, 2.75) is 84.5 Å². The van der Waals surface area contributed by atoms with Gasteiger partial charge in [0, 0.05) is 6.20 Å². The van der Waals surface area contributed by atoms with Crippen LogP contribution in [0.2, 0.25) is 0 Å². The number of carbonyl (C=O) groups is 1. The lowest BCUT2D eigenvalue weighted by molar-refractivity contribution is -0.146. The van der Waals surface area contributed by atoms with Crippen molar-refractivity contribution in [1.29, 1.82) is 0 Å². The van der Waals surface area contributed by atoms with Gasteiger partial charge in [-0.15, -0.1) is 0 Å². The largest absolute Gasteiger partial charge is 0.482 e. The number of aryl methyl sites for hydroxylation is 3. The molecule has 0 radical (unpaired) electrons. The highest BCUT2D eigenvalue weighted by molar-refractivity contribution is 5.71. The highest BCUT2D eigenvalue weighted by atomic mass is 16.6. The molecule has 1 N–H and O–H groups in total. The van der Waals surface area contributed by atoms with Crippen molar-refractivity contribution in [2.75, 3.05) is 13.2 Å². The number of unbranched alkanes of at least 4 members (excludes halogenated alkanes) is 7. The molecule has 1 heterocycles. The van der Waals surface area contributed by atoms with Crippen LogP contribution in [0.3, 0.4) is 0 Å². The third-order valence-electron chi connectivity index (χ3n) is 5.29. The molecule has 1 aromatic heterocycles. The lowest BCUT2D eigenvalue weighted by Gasteiger charge is -2.12. The Morgan fingerprint density at radius 3 is 2.50 bits per heavy atom. The molecule has 0 aliphatic rings. The van der Waals surface area contributed by atoms with Crippen LogP contribution in [0.25, 0.3) is 0 Å². The van der Waals surface area contributed by atoms with Gasteiger partial charge in [0.25, 0.3) is 0 Å². The first kappa shape index (κ1) is 24.0. The van der Waals surface area contributed by atoms with Gasteiger partial charge < -0.3 is 9.47 Å². The SMILES string of the molecule is CCCCCCCCCCc1cc(C)ccc1OCC(=O)OCCCc1cn[nH]c1. The molecule has 0 fully saturated rings. The van der Waals surface area contributed by atoms with Crippen LogP contribution < -0.4 is 4.74 Å². The Hall–Kier alpha value is -2.30. The van der Waals surface area contributed by atoms with Crippen molar-refractivity contribution in [3.63, 3.8) is 0 Å². The standard InChI is InChI=1S/C25H38N2O3/c1-3-4-5-6-7-8-9-10-13-23-17-21(2)14-15-24(23)30-20-25(28)29-16-11-12-22-18-26-27-19-22/h14-15,17-19H,3-13,16,20H2,1-2H3,(H,26,27).